The smallest absolute Gasteiger partial charge is 0.215 e. The van der Waals surface area contributed by atoms with Gasteiger partial charge in [0.1, 0.15) is 0 Å². The maximum atomic E-state index is 10.0. The van der Waals surface area contributed by atoms with E-state index < -0.39 is 6.04 Å². The van der Waals surface area contributed by atoms with E-state index in [0.29, 0.717) is 6.42 Å². The van der Waals surface area contributed by atoms with Gasteiger partial charge in [-0.1, -0.05) is 6.92 Å². The average molecular weight is 133 g/mol. The molecule has 54 valence electrons. The minimum absolute atomic E-state index is 0.0977. The van der Waals surface area contributed by atoms with Crippen molar-refractivity contribution >= 4 is 0 Å². The second kappa shape index (κ2) is 4.26. The van der Waals surface area contributed by atoms with Crippen LogP contribution in [0.1, 0.15) is 19.8 Å². The van der Waals surface area contributed by atoms with Crippen molar-refractivity contribution in [2.75, 3.05) is 6.61 Å². The molecule has 4 nitrogen and oxygen atoms in total. The zero-order valence-electron chi connectivity index (χ0n) is 5.41. The Balaban J connectivity index is 3.54. The minimum Gasteiger partial charge on any atom is -0.396 e. The van der Waals surface area contributed by atoms with Crippen LogP contribution in [0.5, 0.6) is 0 Å². The van der Waals surface area contributed by atoms with Crippen LogP contribution in [0.4, 0.5) is 0 Å². The lowest BCUT2D eigenvalue weighted by molar-refractivity contribution is -0.524. The summed E-state index contributed by atoms with van der Waals surface area (Å²) in [5.41, 5.74) is 0. The molecule has 0 aliphatic carbocycles. The van der Waals surface area contributed by atoms with Gasteiger partial charge in [-0.15, -0.1) is 0 Å². The Hall–Kier alpha value is -0.640. The summed E-state index contributed by atoms with van der Waals surface area (Å²) in [5.74, 6) is 0. The fraction of sp³-hybridized carbons (Fsp3) is 1.00. The molecular weight excluding hydrogens is 122 g/mol. The van der Waals surface area contributed by atoms with Gasteiger partial charge in [-0.25, -0.2) is 0 Å². The van der Waals surface area contributed by atoms with E-state index >= 15 is 0 Å². The van der Waals surface area contributed by atoms with Gasteiger partial charge in [0.15, 0.2) is 0 Å². The standard InChI is InChI=1S/C5H11NO3/c1-2-5(3-4-7)6(8)9/h5,7H,2-4H2,1H3. The third-order valence-electron chi connectivity index (χ3n) is 1.23. The Morgan fingerprint density at radius 1 is 1.78 bits per heavy atom. The first-order valence-corrected chi connectivity index (χ1v) is 2.96. The summed E-state index contributed by atoms with van der Waals surface area (Å²) in [7, 11) is 0. The molecule has 1 N–H and O–H groups in total. The van der Waals surface area contributed by atoms with E-state index in [1.807, 2.05) is 0 Å². The van der Waals surface area contributed by atoms with E-state index in [9.17, 15) is 10.1 Å². The zero-order chi connectivity index (χ0) is 7.28. The lowest BCUT2D eigenvalue weighted by Crippen LogP contribution is -2.19. The van der Waals surface area contributed by atoms with Crippen molar-refractivity contribution in [3.8, 4) is 0 Å². The monoisotopic (exact) mass is 133 g/mol. The molecule has 0 amide bonds. The molecule has 0 aromatic heterocycles. The molecule has 0 rings (SSSR count). The third kappa shape index (κ3) is 3.03. The van der Waals surface area contributed by atoms with Crippen LogP contribution in [0.25, 0.3) is 0 Å². The minimum atomic E-state index is -0.560. The van der Waals surface area contributed by atoms with Crippen molar-refractivity contribution in [1.29, 1.82) is 0 Å². The molecule has 0 aromatic rings. The van der Waals surface area contributed by atoms with Crippen LogP contribution >= 0.6 is 0 Å². The number of aliphatic hydroxyl groups is 1. The van der Waals surface area contributed by atoms with Crippen molar-refractivity contribution in [2.24, 2.45) is 0 Å². The number of nitrogens with zero attached hydrogens (tertiary/aromatic N) is 1. The van der Waals surface area contributed by atoms with Crippen LogP contribution in [0, 0.1) is 10.1 Å². The first-order chi connectivity index (χ1) is 4.22. The Labute approximate surface area is 53.6 Å². The first-order valence-electron chi connectivity index (χ1n) is 2.96. The fourth-order valence-corrected chi connectivity index (χ4v) is 0.608. The van der Waals surface area contributed by atoms with Crippen LogP contribution < -0.4 is 0 Å². The zero-order valence-corrected chi connectivity index (χ0v) is 5.41. The summed E-state index contributed by atoms with van der Waals surface area (Å²) >= 11 is 0. The van der Waals surface area contributed by atoms with Crippen LogP contribution in [-0.2, 0) is 0 Å². The molecule has 1 unspecified atom stereocenters. The molecule has 0 bridgehead atoms. The predicted octanol–water partition coefficient (Wildman–Crippen LogP) is 0.424. The molecule has 0 radical (unpaired) electrons. The van der Waals surface area contributed by atoms with Crippen molar-refractivity contribution in [3.05, 3.63) is 10.1 Å². The van der Waals surface area contributed by atoms with Gasteiger partial charge >= 0.3 is 0 Å². The van der Waals surface area contributed by atoms with Gasteiger partial charge in [0, 0.05) is 24.4 Å². The highest BCUT2D eigenvalue weighted by atomic mass is 16.6. The molecule has 0 saturated heterocycles. The molecule has 0 fully saturated rings. The fourth-order valence-electron chi connectivity index (χ4n) is 0.608. The van der Waals surface area contributed by atoms with Gasteiger partial charge < -0.3 is 5.11 Å². The molecule has 9 heavy (non-hydrogen) atoms. The predicted molar refractivity (Wildman–Crippen MR) is 32.8 cm³/mol. The summed E-state index contributed by atoms with van der Waals surface area (Å²) in [6, 6.07) is -0.560. The summed E-state index contributed by atoms with van der Waals surface area (Å²) in [6.45, 7) is 1.64. The molecule has 4 heteroatoms. The maximum Gasteiger partial charge on any atom is 0.215 e. The highest BCUT2D eigenvalue weighted by molar-refractivity contribution is 4.50. The SMILES string of the molecule is CCC(CCO)[N+](=O)[O-]. The molecule has 0 heterocycles. The molecule has 0 aliphatic heterocycles. The highest BCUT2D eigenvalue weighted by Gasteiger charge is 2.14. The van der Waals surface area contributed by atoms with Gasteiger partial charge in [0.05, 0.1) is 0 Å². The lowest BCUT2D eigenvalue weighted by Gasteiger charge is -2.02. The Bertz CT molecular complexity index is 94.2. The molecular formula is C5H11NO3. The largest absolute Gasteiger partial charge is 0.396 e. The molecule has 0 aromatic carbocycles. The van der Waals surface area contributed by atoms with Crippen molar-refractivity contribution < 1.29 is 10.0 Å². The van der Waals surface area contributed by atoms with E-state index in [-0.39, 0.29) is 18.0 Å². The van der Waals surface area contributed by atoms with E-state index in [2.05, 4.69) is 0 Å². The van der Waals surface area contributed by atoms with Crippen LogP contribution in [0.2, 0.25) is 0 Å². The van der Waals surface area contributed by atoms with Gasteiger partial charge in [-0.05, 0) is 0 Å². The average Bonchev–Trinajstić information content (AvgIpc) is 1.82. The quantitative estimate of drug-likeness (QED) is 0.446. The summed E-state index contributed by atoms with van der Waals surface area (Å²) < 4.78 is 0. The van der Waals surface area contributed by atoms with Crippen LogP contribution in [0.3, 0.4) is 0 Å². The second-order valence-corrected chi connectivity index (χ2v) is 1.86. The molecule has 0 aliphatic rings. The Morgan fingerprint density at radius 3 is 2.44 bits per heavy atom. The topological polar surface area (TPSA) is 63.4 Å². The summed E-state index contributed by atoms with van der Waals surface area (Å²) in [5, 5.41) is 18.3. The number of nitro groups is 1. The molecule has 0 saturated carbocycles. The Kier molecular flexibility index (Phi) is 3.96. The normalized spacial score (nSPS) is 13.1. The van der Waals surface area contributed by atoms with E-state index in [1.54, 1.807) is 6.92 Å². The van der Waals surface area contributed by atoms with E-state index in [4.69, 9.17) is 5.11 Å². The van der Waals surface area contributed by atoms with Crippen molar-refractivity contribution in [1.82, 2.24) is 0 Å². The highest BCUT2D eigenvalue weighted by Crippen LogP contribution is 1.99. The van der Waals surface area contributed by atoms with Crippen LogP contribution in [0.15, 0.2) is 0 Å². The number of hydrogen-bond acceptors (Lipinski definition) is 3. The lowest BCUT2D eigenvalue weighted by atomic mass is 10.2. The number of aliphatic hydroxyl groups excluding tert-OH is 1. The van der Waals surface area contributed by atoms with Gasteiger partial charge in [-0.2, -0.15) is 0 Å². The summed E-state index contributed by atoms with van der Waals surface area (Å²) in [6.07, 6.45) is 0.761. The van der Waals surface area contributed by atoms with E-state index in [1.165, 1.54) is 0 Å². The van der Waals surface area contributed by atoms with Gasteiger partial charge in [-0.3, -0.25) is 10.1 Å². The molecule has 0 spiro atoms. The van der Waals surface area contributed by atoms with Crippen molar-refractivity contribution in [2.45, 2.75) is 25.8 Å². The number of hydrogen-bond donors (Lipinski definition) is 1. The maximum absolute atomic E-state index is 10.0. The van der Waals surface area contributed by atoms with E-state index in [0.717, 1.165) is 0 Å². The van der Waals surface area contributed by atoms with Gasteiger partial charge in [0.25, 0.3) is 0 Å². The third-order valence-corrected chi connectivity index (χ3v) is 1.23. The number of rotatable bonds is 4. The van der Waals surface area contributed by atoms with Crippen molar-refractivity contribution in [3.63, 3.8) is 0 Å². The van der Waals surface area contributed by atoms with Crippen LogP contribution in [-0.4, -0.2) is 22.7 Å². The second-order valence-electron chi connectivity index (χ2n) is 1.86. The summed E-state index contributed by atoms with van der Waals surface area (Å²) in [4.78, 5) is 9.66. The van der Waals surface area contributed by atoms with Gasteiger partial charge in [0.2, 0.25) is 6.04 Å². The Morgan fingerprint density at radius 2 is 2.33 bits per heavy atom. The molecule has 1 atom stereocenters. The first kappa shape index (κ1) is 8.36.